The summed E-state index contributed by atoms with van der Waals surface area (Å²) in [6.45, 7) is 2.78. The Balaban J connectivity index is 1.83. The van der Waals surface area contributed by atoms with E-state index in [0.717, 1.165) is 17.7 Å². The first-order chi connectivity index (χ1) is 11.7. The van der Waals surface area contributed by atoms with Crippen molar-refractivity contribution in [2.24, 2.45) is 0 Å². The molecule has 2 aromatic rings. The molecule has 6 heteroatoms. The molecule has 1 aliphatic rings. The molecule has 122 valence electrons. The van der Waals surface area contributed by atoms with E-state index in [4.69, 9.17) is 0 Å². The number of pyridine rings is 1. The number of carbonyl (C=O) groups excluding carboxylic acids is 1. The van der Waals surface area contributed by atoms with Gasteiger partial charge in [-0.15, -0.1) is 0 Å². The summed E-state index contributed by atoms with van der Waals surface area (Å²) in [7, 11) is 0. The Hall–Kier alpha value is -3.15. The Morgan fingerprint density at radius 1 is 1.42 bits per heavy atom. The maximum atomic E-state index is 12.5. The van der Waals surface area contributed by atoms with Gasteiger partial charge in [-0.3, -0.25) is 14.3 Å². The molecule has 0 aromatic carbocycles. The van der Waals surface area contributed by atoms with E-state index in [2.05, 4.69) is 10.4 Å². The number of allylic oxidation sites excluding steroid dienone is 4. The SMILES string of the molecule is C/C(C=O)=C\Nc1cccn(Cc2cc3n(n2)CC=CC=C3)c1=O. The fourth-order valence-corrected chi connectivity index (χ4v) is 2.41. The van der Waals surface area contributed by atoms with Crippen LogP contribution in [-0.4, -0.2) is 20.6 Å². The van der Waals surface area contributed by atoms with Gasteiger partial charge in [0.05, 0.1) is 24.5 Å². The van der Waals surface area contributed by atoms with Gasteiger partial charge in [0, 0.05) is 18.0 Å². The van der Waals surface area contributed by atoms with E-state index in [1.807, 2.05) is 35.1 Å². The number of hydrogen-bond donors (Lipinski definition) is 1. The topological polar surface area (TPSA) is 68.9 Å². The van der Waals surface area contributed by atoms with Gasteiger partial charge in [0.2, 0.25) is 0 Å². The highest BCUT2D eigenvalue weighted by Gasteiger charge is 2.08. The van der Waals surface area contributed by atoms with E-state index in [0.29, 0.717) is 24.4 Å². The lowest BCUT2D eigenvalue weighted by Crippen LogP contribution is -2.22. The van der Waals surface area contributed by atoms with Gasteiger partial charge in [-0.2, -0.15) is 5.10 Å². The molecular weight excluding hydrogens is 304 g/mol. The van der Waals surface area contributed by atoms with Crippen LogP contribution in [0.4, 0.5) is 5.69 Å². The first-order valence-corrected chi connectivity index (χ1v) is 7.65. The quantitative estimate of drug-likeness (QED) is 0.677. The van der Waals surface area contributed by atoms with Crippen LogP contribution in [0.3, 0.4) is 0 Å². The van der Waals surface area contributed by atoms with Crippen molar-refractivity contribution >= 4 is 18.0 Å². The van der Waals surface area contributed by atoms with E-state index in [1.165, 1.54) is 6.20 Å². The first-order valence-electron chi connectivity index (χ1n) is 7.65. The molecule has 0 saturated carbocycles. The van der Waals surface area contributed by atoms with Crippen LogP contribution in [0, 0.1) is 0 Å². The van der Waals surface area contributed by atoms with Crippen LogP contribution < -0.4 is 10.9 Å². The van der Waals surface area contributed by atoms with Gasteiger partial charge in [0.1, 0.15) is 12.0 Å². The van der Waals surface area contributed by atoms with Crippen LogP contribution >= 0.6 is 0 Å². The van der Waals surface area contributed by atoms with Gasteiger partial charge in [0.15, 0.2) is 0 Å². The average Bonchev–Trinajstić information content (AvgIpc) is 2.83. The third-order valence-electron chi connectivity index (χ3n) is 3.65. The summed E-state index contributed by atoms with van der Waals surface area (Å²) in [5.74, 6) is 0. The van der Waals surface area contributed by atoms with E-state index in [-0.39, 0.29) is 5.56 Å². The van der Waals surface area contributed by atoms with Gasteiger partial charge in [-0.25, -0.2) is 0 Å². The Labute approximate surface area is 139 Å². The third kappa shape index (κ3) is 3.43. The van der Waals surface area contributed by atoms with Crippen LogP contribution in [0.1, 0.15) is 18.3 Å². The summed E-state index contributed by atoms with van der Waals surface area (Å²) in [5.41, 5.74) is 2.61. The van der Waals surface area contributed by atoms with Crippen molar-refractivity contribution in [1.82, 2.24) is 14.3 Å². The molecule has 0 radical (unpaired) electrons. The monoisotopic (exact) mass is 322 g/mol. The maximum absolute atomic E-state index is 12.5. The van der Waals surface area contributed by atoms with Crippen molar-refractivity contribution in [1.29, 1.82) is 0 Å². The lowest BCUT2D eigenvalue weighted by Gasteiger charge is -2.06. The first kappa shape index (κ1) is 15.7. The molecule has 0 amide bonds. The predicted octanol–water partition coefficient (Wildman–Crippen LogP) is 2.19. The zero-order chi connectivity index (χ0) is 16.9. The summed E-state index contributed by atoms with van der Waals surface area (Å²) in [6.07, 6.45) is 12.0. The van der Waals surface area contributed by atoms with E-state index in [1.54, 1.807) is 29.8 Å². The fraction of sp³-hybridized carbons (Fsp3) is 0.167. The molecule has 0 saturated heterocycles. The number of rotatable bonds is 5. The minimum absolute atomic E-state index is 0.161. The predicted molar refractivity (Wildman–Crippen MR) is 93.6 cm³/mol. The van der Waals surface area contributed by atoms with Crippen molar-refractivity contribution in [3.63, 3.8) is 0 Å². The standard InChI is InChI=1S/C18H18N4O2/c1-14(13-23)11-19-17-7-5-8-21(18(17)24)12-15-10-16-6-3-2-4-9-22(16)20-15/h2-8,10-11,13,19H,9,12H2,1H3/b14-11+. The fourth-order valence-electron chi connectivity index (χ4n) is 2.41. The number of hydrogen-bond acceptors (Lipinski definition) is 4. The molecule has 0 unspecified atom stereocenters. The van der Waals surface area contributed by atoms with Crippen LogP contribution in [0.15, 0.2) is 59.2 Å². The number of carbonyl (C=O) groups is 1. The summed E-state index contributed by atoms with van der Waals surface area (Å²) in [5, 5.41) is 7.41. The van der Waals surface area contributed by atoms with Crippen molar-refractivity contribution in [2.75, 3.05) is 5.32 Å². The molecule has 0 spiro atoms. The molecule has 0 atom stereocenters. The highest BCUT2D eigenvalue weighted by Crippen LogP contribution is 2.11. The Kier molecular flexibility index (Phi) is 4.56. The van der Waals surface area contributed by atoms with E-state index in [9.17, 15) is 9.59 Å². The smallest absolute Gasteiger partial charge is 0.274 e. The number of aldehydes is 1. The number of aromatic nitrogens is 3. The molecule has 2 aromatic heterocycles. The largest absolute Gasteiger partial charge is 0.357 e. The van der Waals surface area contributed by atoms with Gasteiger partial charge >= 0.3 is 0 Å². The number of anilines is 1. The van der Waals surface area contributed by atoms with Gasteiger partial charge in [-0.1, -0.05) is 18.2 Å². The van der Waals surface area contributed by atoms with Crippen LogP contribution in [0.2, 0.25) is 0 Å². The molecule has 3 rings (SSSR count). The highest BCUT2D eigenvalue weighted by atomic mass is 16.1. The lowest BCUT2D eigenvalue weighted by atomic mass is 10.3. The summed E-state index contributed by atoms with van der Waals surface area (Å²) in [6, 6.07) is 5.45. The lowest BCUT2D eigenvalue weighted by molar-refractivity contribution is -0.104. The Morgan fingerprint density at radius 2 is 2.29 bits per heavy atom. The van der Waals surface area contributed by atoms with Crippen LogP contribution in [0.5, 0.6) is 0 Å². The zero-order valence-corrected chi connectivity index (χ0v) is 13.3. The van der Waals surface area contributed by atoms with E-state index < -0.39 is 0 Å². The summed E-state index contributed by atoms with van der Waals surface area (Å²) in [4.78, 5) is 23.1. The van der Waals surface area contributed by atoms with Crippen molar-refractivity contribution in [3.8, 4) is 0 Å². The normalized spacial score (nSPS) is 13.5. The average molecular weight is 322 g/mol. The van der Waals surface area contributed by atoms with Gasteiger partial charge in [-0.05, 0) is 31.2 Å². The second-order valence-corrected chi connectivity index (χ2v) is 5.54. The number of nitrogens with one attached hydrogen (secondary N) is 1. The van der Waals surface area contributed by atoms with Gasteiger partial charge in [0.25, 0.3) is 5.56 Å². The van der Waals surface area contributed by atoms with Crippen LogP contribution in [0.25, 0.3) is 6.08 Å². The third-order valence-corrected chi connectivity index (χ3v) is 3.65. The molecule has 6 nitrogen and oxygen atoms in total. The molecule has 0 fully saturated rings. The zero-order valence-electron chi connectivity index (χ0n) is 13.3. The minimum atomic E-state index is -0.161. The number of nitrogens with zero attached hydrogens (tertiary/aromatic N) is 3. The Bertz CT molecular complexity index is 900. The van der Waals surface area contributed by atoms with Crippen molar-refractivity contribution in [2.45, 2.75) is 20.0 Å². The van der Waals surface area contributed by atoms with Crippen LogP contribution in [-0.2, 0) is 17.9 Å². The molecule has 3 heterocycles. The molecule has 0 bridgehead atoms. The maximum Gasteiger partial charge on any atom is 0.274 e. The second kappa shape index (κ2) is 6.95. The van der Waals surface area contributed by atoms with Gasteiger partial charge < -0.3 is 9.88 Å². The molecule has 24 heavy (non-hydrogen) atoms. The van der Waals surface area contributed by atoms with Crippen molar-refractivity contribution < 1.29 is 4.79 Å². The Morgan fingerprint density at radius 3 is 3.12 bits per heavy atom. The molecular formula is C18H18N4O2. The summed E-state index contributed by atoms with van der Waals surface area (Å²) < 4.78 is 3.49. The summed E-state index contributed by atoms with van der Waals surface area (Å²) >= 11 is 0. The molecule has 1 aliphatic heterocycles. The highest BCUT2D eigenvalue weighted by molar-refractivity contribution is 5.72. The van der Waals surface area contributed by atoms with E-state index >= 15 is 0 Å². The molecule has 1 N–H and O–H groups in total. The number of fused-ring (bicyclic) bond motifs is 1. The second-order valence-electron chi connectivity index (χ2n) is 5.54. The molecule has 0 aliphatic carbocycles. The van der Waals surface area contributed by atoms with Crippen molar-refractivity contribution in [3.05, 3.63) is 76.1 Å². The minimum Gasteiger partial charge on any atom is -0.357 e.